The fraction of sp³-hybridized carbons (Fsp3) is 0.250. The van der Waals surface area contributed by atoms with Crippen LogP contribution in [0, 0.1) is 0 Å². The van der Waals surface area contributed by atoms with E-state index in [2.05, 4.69) is 39.9 Å². The summed E-state index contributed by atoms with van der Waals surface area (Å²) in [5, 5.41) is 6.10. The quantitative estimate of drug-likeness (QED) is 0.506. The van der Waals surface area contributed by atoms with Crippen molar-refractivity contribution in [2.45, 2.75) is 0 Å². The van der Waals surface area contributed by atoms with Crippen molar-refractivity contribution in [1.82, 2.24) is 10.6 Å². The number of nitrogens with one attached hydrogen (secondary N) is 2. The first-order valence-electron chi connectivity index (χ1n) is 4.97. The maximum Gasteiger partial charge on any atom is 0.190 e. The van der Waals surface area contributed by atoms with Gasteiger partial charge in [-0.3, -0.25) is 4.99 Å². The Kier molecular flexibility index (Phi) is 8.61. The highest BCUT2D eigenvalue weighted by Crippen LogP contribution is 1.99. The van der Waals surface area contributed by atoms with Crippen LogP contribution in [0.1, 0.15) is 5.56 Å². The smallest absolute Gasteiger partial charge is 0.190 e. The van der Waals surface area contributed by atoms with Gasteiger partial charge in [0.25, 0.3) is 0 Å². The first-order valence-corrected chi connectivity index (χ1v) is 4.97. The lowest BCUT2D eigenvalue weighted by Gasteiger charge is -2.04. The molecular weight excluding hydrogens is 313 g/mol. The van der Waals surface area contributed by atoms with E-state index in [9.17, 15) is 0 Å². The predicted molar refractivity (Wildman–Crippen MR) is 81.3 cm³/mol. The molecule has 0 saturated carbocycles. The summed E-state index contributed by atoms with van der Waals surface area (Å²) in [5.41, 5.74) is 1.21. The van der Waals surface area contributed by atoms with Gasteiger partial charge in [-0.15, -0.1) is 24.0 Å². The molecule has 0 spiro atoms. The number of hydrogen-bond donors (Lipinski definition) is 2. The molecule has 0 amide bonds. The Morgan fingerprint density at radius 1 is 1.31 bits per heavy atom. The van der Waals surface area contributed by atoms with E-state index < -0.39 is 0 Å². The van der Waals surface area contributed by atoms with E-state index in [0.717, 1.165) is 12.5 Å². The van der Waals surface area contributed by atoms with Gasteiger partial charge in [0.05, 0.1) is 0 Å². The van der Waals surface area contributed by atoms with E-state index >= 15 is 0 Å². The summed E-state index contributed by atoms with van der Waals surface area (Å²) >= 11 is 0. The topological polar surface area (TPSA) is 36.4 Å². The van der Waals surface area contributed by atoms with Crippen LogP contribution in [0.3, 0.4) is 0 Å². The van der Waals surface area contributed by atoms with Crippen LogP contribution in [0.25, 0.3) is 6.08 Å². The average Bonchev–Trinajstić information content (AvgIpc) is 2.31. The highest BCUT2D eigenvalue weighted by atomic mass is 127. The molecule has 16 heavy (non-hydrogen) atoms. The molecule has 1 aromatic rings. The zero-order valence-corrected chi connectivity index (χ0v) is 11.9. The third kappa shape index (κ3) is 5.75. The molecule has 1 rings (SSSR count). The molecule has 0 unspecified atom stereocenters. The third-order valence-electron chi connectivity index (χ3n) is 1.96. The van der Waals surface area contributed by atoms with Crippen LogP contribution in [0.2, 0.25) is 0 Å². The minimum atomic E-state index is 0. The van der Waals surface area contributed by atoms with Gasteiger partial charge in [0, 0.05) is 20.6 Å². The number of benzene rings is 1. The summed E-state index contributed by atoms with van der Waals surface area (Å²) in [6.07, 6.45) is 4.15. The fourth-order valence-electron chi connectivity index (χ4n) is 1.19. The zero-order chi connectivity index (χ0) is 10.9. The van der Waals surface area contributed by atoms with Gasteiger partial charge in [-0.1, -0.05) is 42.5 Å². The number of hydrogen-bond acceptors (Lipinski definition) is 1. The normalized spacial score (nSPS) is 11.0. The van der Waals surface area contributed by atoms with E-state index in [1.54, 1.807) is 7.05 Å². The standard InChI is InChI=1S/C12H17N3.HI/c1-13-12(14-2)15-10-6-9-11-7-4-3-5-8-11;/h3-9H,10H2,1-2H3,(H2,13,14,15);1H. The van der Waals surface area contributed by atoms with E-state index in [1.807, 2.05) is 25.2 Å². The summed E-state index contributed by atoms with van der Waals surface area (Å²) < 4.78 is 0. The minimum Gasteiger partial charge on any atom is -0.359 e. The molecule has 0 radical (unpaired) electrons. The van der Waals surface area contributed by atoms with Crippen LogP contribution >= 0.6 is 24.0 Å². The largest absolute Gasteiger partial charge is 0.359 e. The van der Waals surface area contributed by atoms with Gasteiger partial charge in [0.15, 0.2) is 5.96 Å². The fourth-order valence-corrected chi connectivity index (χ4v) is 1.19. The summed E-state index contributed by atoms with van der Waals surface area (Å²) in [6, 6.07) is 10.2. The van der Waals surface area contributed by atoms with Crippen molar-refractivity contribution in [2.75, 3.05) is 20.6 Å². The lowest BCUT2D eigenvalue weighted by Crippen LogP contribution is -2.34. The maximum atomic E-state index is 4.01. The van der Waals surface area contributed by atoms with Crippen molar-refractivity contribution in [3.8, 4) is 0 Å². The summed E-state index contributed by atoms with van der Waals surface area (Å²) in [6.45, 7) is 0.766. The molecule has 0 bridgehead atoms. The predicted octanol–water partition coefficient (Wildman–Crippen LogP) is 2.11. The van der Waals surface area contributed by atoms with Crippen LogP contribution in [0.4, 0.5) is 0 Å². The Labute approximate surface area is 114 Å². The monoisotopic (exact) mass is 331 g/mol. The first kappa shape index (κ1) is 15.0. The van der Waals surface area contributed by atoms with Gasteiger partial charge >= 0.3 is 0 Å². The molecule has 3 nitrogen and oxygen atoms in total. The number of aliphatic imine (C=N–C) groups is 1. The minimum absolute atomic E-state index is 0. The molecule has 0 aromatic heterocycles. The Morgan fingerprint density at radius 3 is 2.56 bits per heavy atom. The number of nitrogens with zero attached hydrogens (tertiary/aromatic N) is 1. The van der Waals surface area contributed by atoms with Crippen molar-refractivity contribution >= 4 is 36.0 Å². The molecule has 0 saturated heterocycles. The molecule has 4 heteroatoms. The van der Waals surface area contributed by atoms with E-state index in [-0.39, 0.29) is 24.0 Å². The molecular formula is C12H18IN3. The summed E-state index contributed by atoms with van der Waals surface area (Å²) in [4.78, 5) is 4.01. The molecule has 0 atom stereocenters. The van der Waals surface area contributed by atoms with Crippen molar-refractivity contribution in [2.24, 2.45) is 4.99 Å². The zero-order valence-electron chi connectivity index (χ0n) is 9.60. The number of rotatable bonds is 3. The van der Waals surface area contributed by atoms with Gasteiger partial charge in [0.2, 0.25) is 0 Å². The second-order valence-electron chi connectivity index (χ2n) is 3.02. The number of halogens is 1. The summed E-state index contributed by atoms with van der Waals surface area (Å²) in [7, 11) is 3.59. The third-order valence-corrected chi connectivity index (χ3v) is 1.96. The van der Waals surface area contributed by atoms with E-state index in [4.69, 9.17) is 0 Å². The molecule has 0 aliphatic rings. The van der Waals surface area contributed by atoms with Gasteiger partial charge in [0.1, 0.15) is 0 Å². The van der Waals surface area contributed by atoms with Gasteiger partial charge < -0.3 is 10.6 Å². The van der Waals surface area contributed by atoms with Gasteiger partial charge in [-0.25, -0.2) is 0 Å². The van der Waals surface area contributed by atoms with E-state index in [1.165, 1.54) is 5.56 Å². The van der Waals surface area contributed by atoms with Crippen LogP contribution < -0.4 is 10.6 Å². The summed E-state index contributed by atoms with van der Waals surface area (Å²) in [5.74, 6) is 0.799. The van der Waals surface area contributed by atoms with Crippen LogP contribution in [-0.4, -0.2) is 26.6 Å². The molecule has 2 N–H and O–H groups in total. The van der Waals surface area contributed by atoms with Gasteiger partial charge in [-0.05, 0) is 5.56 Å². The van der Waals surface area contributed by atoms with Crippen LogP contribution in [-0.2, 0) is 0 Å². The average molecular weight is 331 g/mol. The van der Waals surface area contributed by atoms with Crippen molar-refractivity contribution < 1.29 is 0 Å². The second-order valence-corrected chi connectivity index (χ2v) is 3.02. The van der Waals surface area contributed by atoms with Crippen molar-refractivity contribution in [3.05, 3.63) is 42.0 Å². The molecule has 1 aromatic carbocycles. The maximum absolute atomic E-state index is 4.01. The molecule has 88 valence electrons. The Hall–Kier alpha value is -1.04. The first-order chi connectivity index (χ1) is 7.36. The molecule has 0 aliphatic carbocycles. The Balaban J connectivity index is 0.00000225. The highest BCUT2D eigenvalue weighted by Gasteiger charge is 1.88. The molecule has 0 fully saturated rings. The van der Waals surface area contributed by atoms with E-state index in [0.29, 0.717) is 0 Å². The Morgan fingerprint density at radius 2 is 2.00 bits per heavy atom. The molecule has 0 heterocycles. The second kappa shape index (κ2) is 9.21. The Bertz CT molecular complexity index is 333. The van der Waals surface area contributed by atoms with Crippen LogP contribution in [0.5, 0.6) is 0 Å². The van der Waals surface area contributed by atoms with Crippen molar-refractivity contribution in [3.63, 3.8) is 0 Å². The van der Waals surface area contributed by atoms with Gasteiger partial charge in [-0.2, -0.15) is 0 Å². The number of guanidine groups is 1. The lowest BCUT2D eigenvalue weighted by atomic mass is 10.2. The SMILES string of the molecule is CN=C(NC)NCC=Cc1ccccc1.I. The van der Waals surface area contributed by atoms with Crippen LogP contribution in [0.15, 0.2) is 41.4 Å². The highest BCUT2D eigenvalue weighted by molar-refractivity contribution is 14.0. The van der Waals surface area contributed by atoms with Crippen molar-refractivity contribution in [1.29, 1.82) is 0 Å². The molecule has 0 aliphatic heterocycles. The lowest BCUT2D eigenvalue weighted by molar-refractivity contribution is 0.953.